The number of carbonyl (C=O) groups is 2. The summed E-state index contributed by atoms with van der Waals surface area (Å²) in [5, 5.41) is 3.21. The minimum Gasteiger partial charge on any atom is -0.493 e. The molecule has 8 heteroatoms. The first-order valence-corrected chi connectivity index (χ1v) is 11.8. The van der Waals surface area contributed by atoms with Crippen LogP contribution in [0.15, 0.2) is 18.2 Å². The largest absolute Gasteiger partial charge is 0.493 e. The number of carbonyl (C=O) groups excluding carboxylic acids is 2. The van der Waals surface area contributed by atoms with E-state index in [1.807, 2.05) is 11.8 Å². The number of ether oxygens (including phenoxy) is 3. The Morgan fingerprint density at radius 3 is 2.12 bits per heavy atom. The van der Waals surface area contributed by atoms with E-state index in [9.17, 15) is 9.59 Å². The number of nitrogens with one attached hydrogen (secondary N) is 1. The van der Waals surface area contributed by atoms with Crippen molar-refractivity contribution in [1.82, 2.24) is 15.1 Å². The first-order chi connectivity index (χ1) is 16.0. The van der Waals surface area contributed by atoms with Gasteiger partial charge in [0.15, 0.2) is 11.5 Å². The summed E-state index contributed by atoms with van der Waals surface area (Å²) in [6, 6.07) is 3.74. The maximum atomic E-state index is 12.7. The van der Waals surface area contributed by atoms with Gasteiger partial charge in [-0.3, -0.25) is 14.5 Å². The molecule has 3 rings (SSSR count). The van der Waals surface area contributed by atoms with Crippen molar-refractivity contribution in [2.24, 2.45) is 0 Å². The molecule has 1 atom stereocenters. The SMILES string of the molecule is COc1cc(C=CC(=O)N2CCN(C(C)C(=O)NC3CCCCC3)CC2)cc(OC)c1OC. The first-order valence-electron chi connectivity index (χ1n) is 11.8. The first kappa shape index (κ1) is 24.9. The second kappa shape index (κ2) is 11.9. The molecule has 1 aliphatic carbocycles. The van der Waals surface area contributed by atoms with Crippen molar-refractivity contribution in [3.63, 3.8) is 0 Å². The molecular formula is C25H37N3O5. The molecule has 1 aromatic carbocycles. The summed E-state index contributed by atoms with van der Waals surface area (Å²) in [5.74, 6) is 1.64. The molecule has 2 aliphatic rings. The van der Waals surface area contributed by atoms with Gasteiger partial charge in [-0.1, -0.05) is 19.3 Å². The zero-order chi connectivity index (χ0) is 23.8. The average Bonchev–Trinajstić information content (AvgIpc) is 2.86. The normalized spacial score (nSPS) is 18.7. The van der Waals surface area contributed by atoms with Crippen molar-refractivity contribution < 1.29 is 23.8 Å². The number of benzene rings is 1. The van der Waals surface area contributed by atoms with Crippen molar-refractivity contribution in [1.29, 1.82) is 0 Å². The topological polar surface area (TPSA) is 80.3 Å². The summed E-state index contributed by atoms with van der Waals surface area (Å²) in [4.78, 5) is 29.4. The van der Waals surface area contributed by atoms with Crippen molar-refractivity contribution in [2.45, 2.75) is 51.1 Å². The van der Waals surface area contributed by atoms with E-state index in [0.29, 0.717) is 49.5 Å². The van der Waals surface area contributed by atoms with Crippen molar-refractivity contribution in [3.05, 3.63) is 23.8 Å². The Balaban J connectivity index is 1.53. The Kier molecular flexibility index (Phi) is 9.00. The van der Waals surface area contributed by atoms with Gasteiger partial charge in [-0.2, -0.15) is 0 Å². The molecule has 2 fully saturated rings. The summed E-state index contributed by atoms with van der Waals surface area (Å²) in [6.45, 7) is 4.52. The van der Waals surface area contributed by atoms with E-state index >= 15 is 0 Å². The van der Waals surface area contributed by atoms with Crippen molar-refractivity contribution >= 4 is 17.9 Å². The molecule has 1 aliphatic heterocycles. The lowest BCUT2D eigenvalue weighted by Gasteiger charge is -2.37. The molecule has 182 valence electrons. The number of hydrogen-bond donors (Lipinski definition) is 1. The van der Waals surface area contributed by atoms with Gasteiger partial charge in [0.2, 0.25) is 17.6 Å². The van der Waals surface area contributed by atoms with Gasteiger partial charge in [0.25, 0.3) is 0 Å². The third-order valence-corrected chi connectivity index (χ3v) is 6.61. The zero-order valence-corrected chi connectivity index (χ0v) is 20.3. The van der Waals surface area contributed by atoms with Gasteiger partial charge >= 0.3 is 0 Å². The number of hydrogen-bond acceptors (Lipinski definition) is 6. The monoisotopic (exact) mass is 459 g/mol. The third-order valence-electron chi connectivity index (χ3n) is 6.61. The lowest BCUT2D eigenvalue weighted by molar-refractivity contribution is -0.130. The van der Waals surface area contributed by atoms with Crippen molar-refractivity contribution in [3.8, 4) is 17.2 Å². The van der Waals surface area contributed by atoms with E-state index in [1.165, 1.54) is 19.3 Å². The van der Waals surface area contributed by atoms with Crippen LogP contribution in [0.2, 0.25) is 0 Å². The van der Waals surface area contributed by atoms with E-state index in [4.69, 9.17) is 14.2 Å². The third kappa shape index (κ3) is 6.41. The molecule has 0 bridgehead atoms. The number of piperazine rings is 1. The Labute approximate surface area is 196 Å². The molecular weight excluding hydrogens is 422 g/mol. The highest BCUT2D eigenvalue weighted by Crippen LogP contribution is 2.38. The van der Waals surface area contributed by atoms with E-state index in [2.05, 4.69) is 10.2 Å². The summed E-state index contributed by atoms with van der Waals surface area (Å²) in [6.07, 6.45) is 9.15. The summed E-state index contributed by atoms with van der Waals surface area (Å²) >= 11 is 0. The Hall–Kier alpha value is -2.74. The van der Waals surface area contributed by atoms with Gasteiger partial charge < -0.3 is 24.4 Å². The fourth-order valence-corrected chi connectivity index (χ4v) is 4.53. The standard InChI is InChI=1S/C25H37N3O5/c1-18(25(30)26-20-8-6-5-7-9-20)27-12-14-28(15-13-27)23(29)11-10-19-16-21(31-2)24(33-4)22(17-19)32-3/h10-11,16-18,20H,5-9,12-15H2,1-4H3,(H,26,30). The van der Waals surface area contributed by atoms with Gasteiger partial charge in [-0.25, -0.2) is 0 Å². The van der Waals surface area contributed by atoms with Crippen molar-refractivity contribution in [2.75, 3.05) is 47.5 Å². The quantitative estimate of drug-likeness (QED) is 0.602. The number of methoxy groups -OCH3 is 3. The van der Waals surface area contributed by atoms with E-state index in [-0.39, 0.29) is 17.9 Å². The predicted molar refractivity (Wildman–Crippen MR) is 128 cm³/mol. The molecule has 1 saturated carbocycles. The Morgan fingerprint density at radius 2 is 1.58 bits per heavy atom. The summed E-state index contributed by atoms with van der Waals surface area (Å²) in [5.41, 5.74) is 0.782. The van der Waals surface area contributed by atoms with Crippen LogP contribution in [-0.2, 0) is 9.59 Å². The lowest BCUT2D eigenvalue weighted by atomic mass is 9.95. The fourth-order valence-electron chi connectivity index (χ4n) is 4.53. The van der Waals surface area contributed by atoms with Crippen LogP contribution >= 0.6 is 0 Å². The zero-order valence-electron chi connectivity index (χ0n) is 20.3. The molecule has 33 heavy (non-hydrogen) atoms. The van der Waals surface area contributed by atoms with Crippen LogP contribution < -0.4 is 19.5 Å². The fraction of sp³-hybridized carbons (Fsp3) is 0.600. The van der Waals surface area contributed by atoms with E-state index < -0.39 is 0 Å². The van der Waals surface area contributed by atoms with Gasteiger partial charge in [0.1, 0.15) is 0 Å². The molecule has 1 saturated heterocycles. The van der Waals surface area contributed by atoms with Crippen LogP contribution in [0.4, 0.5) is 0 Å². The number of amides is 2. The molecule has 1 N–H and O–H groups in total. The molecule has 8 nitrogen and oxygen atoms in total. The highest BCUT2D eigenvalue weighted by atomic mass is 16.5. The Morgan fingerprint density at radius 1 is 0.970 bits per heavy atom. The van der Waals surface area contributed by atoms with Crippen LogP contribution in [0.1, 0.15) is 44.6 Å². The highest BCUT2D eigenvalue weighted by Gasteiger charge is 2.28. The van der Waals surface area contributed by atoms with E-state index in [0.717, 1.165) is 18.4 Å². The van der Waals surface area contributed by atoms with Gasteiger partial charge in [-0.15, -0.1) is 0 Å². The number of nitrogens with zero attached hydrogens (tertiary/aromatic N) is 2. The van der Waals surface area contributed by atoms with E-state index in [1.54, 1.807) is 45.6 Å². The molecule has 1 unspecified atom stereocenters. The molecule has 1 aromatic rings. The van der Waals surface area contributed by atoms with Gasteiger partial charge in [0, 0.05) is 38.3 Å². The maximum absolute atomic E-state index is 12.7. The van der Waals surface area contributed by atoms with Crippen LogP contribution in [0, 0.1) is 0 Å². The average molecular weight is 460 g/mol. The van der Waals surface area contributed by atoms with Crippen LogP contribution in [-0.4, -0.2) is 81.2 Å². The summed E-state index contributed by atoms with van der Waals surface area (Å²) < 4.78 is 16.1. The molecule has 0 aromatic heterocycles. The van der Waals surface area contributed by atoms with Crippen LogP contribution in [0.5, 0.6) is 17.2 Å². The smallest absolute Gasteiger partial charge is 0.246 e. The van der Waals surface area contributed by atoms with Crippen LogP contribution in [0.25, 0.3) is 6.08 Å². The second-order valence-corrected chi connectivity index (χ2v) is 8.67. The molecule has 1 heterocycles. The lowest BCUT2D eigenvalue weighted by Crippen LogP contribution is -2.55. The maximum Gasteiger partial charge on any atom is 0.246 e. The molecule has 2 amide bonds. The summed E-state index contributed by atoms with van der Waals surface area (Å²) in [7, 11) is 4.68. The van der Waals surface area contributed by atoms with Gasteiger partial charge in [0.05, 0.1) is 27.4 Å². The highest BCUT2D eigenvalue weighted by molar-refractivity contribution is 5.92. The molecule has 0 radical (unpaired) electrons. The number of rotatable bonds is 8. The van der Waals surface area contributed by atoms with Gasteiger partial charge in [-0.05, 0) is 43.5 Å². The van der Waals surface area contributed by atoms with Crippen LogP contribution in [0.3, 0.4) is 0 Å². The second-order valence-electron chi connectivity index (χ2n) is 8.67. The minimum atomic E-state index is -0.182. The predicted octanol–water partition coefficient (Wildman–Crippen LogP) is 2.71. The minimum absolute atomic E-state index is 0.0530. The molecule has 0 spiro atoms. The Bertz CT molecular complexity index is 817.